The third-order valence-corrected chi connectivity index (χ3v) is 3.84. The molecule has 0 fully saturated rings. The minimum atomic E-state index is -0.886. The van der Waals surface area contributed by atoms with Crippen LogP contribution in [0.15, 0.2) is 22.7 Å². The van der Waals surface area contributed by atoms with Crippen LogP contribution in [0.5, 0.6) is 0 Å². The highest BCUT2D eigenvalue weighted by molar-refractivity contribution is 9.10. The van der Waals surface area contributed by atoms with Crippen LogP contribution in [-0.2, 0) is 0 Å². The molecule has 4 heteroatoms. The molecule has 1 unspecified atom stereocenters. The minimum Gasteiger partial charge on any atom is -0.478 e. The minimum absolute atomic E-state index is 0.351. The van der Waals surface area contributed by atoms with Crippen LogP contribution in [0.1, 0.15) is 42.4 Å². The summed E-state index contributed by atoms with van der Waals surface area (Å²) in [4.78, 5) is 11.3. The maximum atomic E-state index is 11.3. The van der Waals surface area contributed by atoms with E-state index in [4.69, 9.17) is 0 Å². The molecule has 0 radical (unpaired) electrons. The van der Waals surface area contributed by atoms with Crippen molar-refractivity contribution >= 4 is 32.8 Å². The van der Waals surface area contributed by atoms with Crippen molar-refractivity contribution in [1.29, 1.82) is 0 Å². The SMILES string of the molecule is CCC(C)n1c(C)cc2c(C(=O)O)cc(Br)cc21. The Kier molecular flexibility index (Phi) is 3.48. The third-order valence-electron chi connectivity index (χ3n) is 3.38. The van der Waals surface area contributed by atoms with Gasteiger partial charge in [-0.1, -0.05) is 22.9 Å². The summed E-state index contributed by atoms with van der Waals surface area (Å²) in [5.41, 5.74) is 2.43. The Hall–Kier alpha value is -1.29. The van der Waals surface area contributed by atoms with E-state index in [0.29, 0.717) is 11.6 Å². The predicted octanol–water partition coefficient (Wildman–Crippen LogP) is 4.38. The molecule has 1 aromatic carbocycles. The van der Waals surface area contributed by atoms with Gasteiger partial charge < -0.3 is 9.67 Å². The van der Waals surface area contributed by atoms with Crippen LogP contribution in [0.2, 0.25) is 0 Å². The van der Waals surface area contributed by atoms with E-state index in [1.54, 1.807) is 6.07 Å². The van der Waals surface area contributed by atoms with E-state index in [0.717, 1.165) is 27.5 Å². The van der Waals surface area contributed by atoms with Crippen molar-refractivity contribution in [2.75, 3.05) is 0 Å². The molecular formula is C14H16BrNO2. The molecule has 0 aliphatic heterocycles. The second kappa shape index (κ2) is 4.76. The van der Waals surface area contributed by atoms with Gasteiger partial charge in [-0.05, 0) is 38.5 Å². The zero-order valence-corrected chi connectivity index (χ0v) is 12.3. The number of benzene rings is 1. The molecule has 0 aliphatic rings. The Morgan fingerprint density at radius 1 is 1.44 bits per heavy atom. The lowest BCUT2D eigenvalue weighted by atomic mass is 10.1. The summed E-state index contributed by atoms with van der Waals surface area (Å²) in [6, 6.07) is 5.96. The van der Waals surface area contributed by atoms with Crippen LogP contribution in [0.3, 0.4) is 0 Å². The number of nitrogens with zero attached hydrogens (tertiary/aromatic N) is 1. The number of aromatic carboxylic acids is 1. The molecule has 1 aromatic heterocycles. The van der Waals surface area contributed by atoms with Gasteiger partial charge in [0.15, 0.2) is 0 Å². The van der Waals surface area contributed by atoms with E-state index in [1.165, 1.54) is 0 Å². The molecule has 1 atom stereocenters. The van der Waals surface area contributed by atoms with Gasteiger partial charge in [-0.3, -0.25) is 0 Å². The molecule has 1 N–H and O–H groups in total. The van der Waals surface area contributed by atoms with Gasteiger partial charge in [0.25, 0.3) is 0 Å². The lowest BCUT2D eigenvalue weighted by molar-refractivity contribution is 0.0699. The largest absolute Gasteiger partial charge is 0.478 e. The normalized spacial score (nSPS) is 12.9. The molecule has 0 bridgehead atoms. The van der Waals surface area contributed by atoms with Crippen molar-refractivity contribution in [3.8, 4) is 0 Å². The fraction of sp³-hybridized carbons (Fsp3) is 0.357. The first kappa shape index (κ1) is 13.1. The fourth-order valence-corrected chi connectivity index (χ4v) is 2.81. The van der Waals surface area contributed by atoms with Crippen LogP contribution < -0.4 is 0 Å². The van der Waals surface area contributed by atoms with E-state index in [2.05, 4.69) is 34.3 Å². The maximum Gasteiger partial charge on any atom is 0.336 e. The van der Waals surface area contributed by atoms with Gasteiger partial charge in [-0.2, -0.15) is 0 Å². The number of aryl methyl sites for hydroxylation is 1. The van der Waals surface area contributed by atoms with Crippen LogP contribution in [0, 0.1) is 6.92 Å². The van der Waals surface area contributed by atoms with Crippen molar-refractivity contribution in [2.45, 2.75) is 33.2 Å². The van der Waals surface area contributed by atoms with Crippen molar-refractivity contribution in [1.82, 2.24) is 4.57 Å². The summed E-state index contributed by atoms with van der Waals surface area (Å²) in [5.74, 6) is -0.886. The summed E-state index contributed by atoms with van der Waals surface area (Å²) in [5, 5.41) is 10.1. The van der Waals surface area contributed by atoms with Gasteiger partial charge in [-0.25, -0.2) is 4.79 Å². The van der Waals surface area contributed by atoms with Gasteiger partial charge in [0, 0.05) is 21.6 Å². The Labute approximate surface area is 115 Å². The molecule has 3 nitrogen and oxygen atoms in total. The molecule has 2 aromatic rings. The third kappa shape index (κ3) is 2.05. The average Bonchev–Trinajstić information content (AvgIpc) is 2.63. The Morgan fingerprint density at radius 3 is 2.67 bits per heavy atom. The zero-order valence-electron chi connectivity index (χ0n) is 10.7. The number of carboxylic acids is 1. The van der Waals surface area contributed by atoms with Crippen LogP contribution in [0.25, 0.3) is 10.9 Å². The van der Waals surface area contributed by atoms with E-state index in [-0.39, 0.29) is 0 Å². The molecular weight excluding hydrogens is 294 g/mol. The summed E-state index contributed by atoms with van der Waals surface area (Å²) in [7, 11) is 0. The van der Waals surface area contributed by atoms with E-state index >= 15 is 0 Å². The molecule has 0 saturated carbocycles. The Morgan fingerprint density at radius 2 is 2.11 bits per heavy atom. The van der Waals surface area contributed by atoms with Gasteiger partial charge in [0.05, 0.1) is 11.1 Å². The van der Waals surface area contributed by atoms with Gasteiger partial charge in [-0.15, -0.1) is 0 Å². The number of rotatable bonds is 3. The second-order valence-corrected chi connectivity index (χ2v) is 5.52. The number of fused-ring (bicyclic) bond motifs is 1. The Balaban J connectivity index is 2.83. The first-order valence-corrected chi connectivity index (χ1v) is 6.79. The monoisotopic (exact) mass is 309 g/mol. The second-order valence-electron chi connectivity index (χ2n) is 4.60. The highest BCUT2D eigenvalue weighted by Crippen LogP contribution is 2.30. The standard InChI is InChI=1S/C14H16BrNO2/c1-4-8(2)16-9(3)5-11-12(14(17)18)6-10(15)7-13(11)16/h5-8H,4H2,1-3H3,(H,17,18). The number of aromatic nitrogens is 1. The number of hydrogen-bond acceptors (Lipinski definition) is 1. The van der Waals surface area contributed by atoms with Crippen LogP contribution in [0.4, 0.5) is 0 Å². The molecule has 0 spiro atoms. The number of carbonyl (C=O) groups is 1. The zero-order chi connectivity index (χ0) is 13.4. The van der Waals surface area contributed by atoms with Gasteiger partial charge >= 0.3 is 5.97 Å². The molecule has 0 saturated heterocycles. The summed E-state index contributed by atoms with van der Waals surface area (Å²) < 4.78 is 3.00. The summed E-state index contributed by atoms with van der Waals surface area (Å²) in [6.45, 7) is 6.30. The molecule has 2 rings (SSSR count). The van der Waals surface area contributed by atoms with E-state index in [1.807, 2.05) is 19.1 Å². The molecule has 1 heterocycles. The van der Waals surface area contributed by atoms with Crippen LogP contribution >= 0.6 is 15.9 Å². The maximum absolute atomic E-state index is 11.3. The fourth-order valence-electron chi connectivity index (χ4n) is 2.37. The molecule has 0 amide bonds. The van der Waals surface area contributed by atoms with Crippen LogP contribution in [-0.4, -0.2) is 15.6 Å². The number of carboxylic acid groups (broad SMARTS) is 1. The topological polar surface area (TPSA) is 42.2 Å². The lowest BCUT2D eigenvalue weighted by Crippen LogP contribution is -2.05. The smallest absolute Gasteiger partial charge is 0.336 e. The lowest BCUT2D eigenvalue weighted by Gasteiger charge is -2.15. The quantitative estimate of drug-likeness (QED) is 0.914. The highest BCUT2D eigenvalue weighted by atomic mass is 79.9. The number of halogens is 1. The highest BCUT2D eigenvalue weighted by Gasteiger charge is 2.17. The van der Waals surface area contributed by atoms with Crippen molar-refractivity contribution in [3.05, 3.63) is 33.9 Å². The van der Waals surface area contributed by atoms with E-state index in [9.17, 15) is 9.90 Å². The average molecular weight is 310 g/mol. The van der Waals surface area contributed by atoms with Crippen molar-refractivity contribution in [2.24, 2.45) is 0 Å². The van der Waals surface area contributed by atoms with E-state index < -0.39 is 5.97 Å². The molecule has 96 valence electrons. The first-order valence-electron chi connectivity index (χ1n) is 6.00. The molecule has 0 aliphatic carbocycles. The summed E-state index contributed by atoms with van der Waals surface area (Å²) >= 11 is 3.39. The van der Waals surface area contributed by atoms with Gasteiger partial charge in [0.2, 0.25) is 0 Å². The predicted molar refractivity (Wildman–Crippen MR) is 76.3 cm³/mol. The summed E-state index contributed by atoms with van der Waals surface area (Å²) in [6.07, 6.45) is 1.01. The number of hydrogen-bond donors (Lipinski definition) is 1. The first-order chi connectivity index (χ1) is 8.45. The van der Waals surface area contributed by atoms with Gasteiger partial charge in [0.1, 0.15) is 0 Å². The molecule has 18 heavy (non-hydrogen) atoms. The van der Waals surface area contributed by atoms with Crippen molar-refractivity contribution < 1.29 is 9.90 Å². The van der Waals surface area contributed by atoms with Crippen molar-refractivity contribution in [3.63, 3.8) is 0 Å². The Bertz CT molecular complexity index is 616.